The highest BCUT2D eigenvalue weighted by Gasteiger charge is 2.35. The van der Waals surface area contributed by atoms with Crippen LogP contribution in [0.15, 0.2) is 0 Å². The van der Waals surface area contributed by atoms with E-state index in [1.54, 1.807) is 6.92 Å². The quantitative estimate of drug-likeness (QED) is 0.780. The maximum Gasteiger partial charge on any atom is 0.325 e. The summed E-state index contributed by atoms with van der Waals surface area (Å²) in [5.41, 5.74) is 0. The molecule has 1 N–H and O–H groups in total. The maximum atomic E-state index is 12.2. The fourth-order valence-corrected chi connectivity index (χ4v) is 3.01. The van der Waals surface area contributed by atoms with Crippen molar-refractivity contribution in [2.24, 2.45) is 23.7 Å². The van der Waals surface area contributed by atoms with Gasteiger partial charge in [-0.2, -0.15) is 0 Å². The Balaban J connectivity index is 2.53. The number of rotatable bonds is 5. The van der Waals surface area contributed by atoms with E-state index in [2.05, 4.69) is 26.1 Å². The number of carbonyl (C=O) groups excluding carboxylic acids is 2. The minimum absolute atomic E-state index is 0.0115. The number of hydrogen-bond donors (Lipinski definition) is 1. The third-order valence-electron chi connectivity index (χ3n) is 4.07. The van der Waals surface area contributed by atoms with Gasteiger partial charge in [0.05, 0.1) is 6.61 Å². The summed E-state index contributed by atoms with van der Waals surface area (Å²) < 4.78 is 4.82. The van der Waals surface area contributed by atoms with E-state index in [4.69, 9.17) is 4.74 Å². The topological polar surface area (TPSA) is 55.4 Å². The van der Waals surface area contributed by atoms with Gasteiger partial charge >= 0.3 is 5.97 Å². The van der Waals surface area contributed by atoms with Gasteiger partial charge in [-0.05, 0) is 37.5 Å². The van der Waals surface area contributed by atoms with Crippen molar-refractivity contribution in [2.75, 3.05) is 13.2 Å². The molecule has 0 aliphatic heterocycles. The van der Waals surface area contributed by atoms with Crippen LogP contribution in [0.3, 0.4) is 0 Å². The molecule has 0 saturated heterocycles. The number of nitrogens with one attached hydrogen (secondary N) is 1. The van der Waals surface area contributed by atoms with Gasteiger partial charge in [-0.25, -0.2) is 0 Å². The molecule has 0 heterocycles. The van der Waals surface area contributed by atoms with Gasteiger partial charge in [0.25, 0.3) is 0 Å². The van der Waals surface area contributed by atoms with E-state index in [1.165, 1.54) is 6.42 Å². The molecule has 1 aliphatic carbocycles. The Morgan fingerprint density at radius 1 is 1.32 bits per heavy atom. The van der Waals surface area contributed by atoms with Crippen LogP contribution >= 0.6 is 0 Å². The van der Waals surface area contributed by atoms with E-state index >= 15 is 0 Å². The molecule has 0 bridgehead atoms. The fourth-order valence-electron chi connectivity index (χ4n) is 3.01. The largest absolute Gasteiger partial charge is 0.465 e. The van der Waals surface area contributed by atoms with Crippen molar-refractivity contribution < 1.29 is 14.3 Å². The molecule has 110 valence electrons. The minimum Gasteiger partial charge on any atom is -0.465 e. The highest BCUT2D eigenvalue weighted by atomic mass is 16.5. The molecular weight excluding hydrogens is 242 g/mol. The van der Waals surface area contributed by atoms with Crippen molar-refractivity contribution in [1.82, 2.24) is 5.32 Å². The number of ether oxygens (including phenoxy) is 1. The van der Waals surface area contributed by atoms with Gasteiger partial charge in [0.2, 0.25) is 5.91 Å². The summed E-state index contributed by atoms with van der Waals surface area (Å²) in [6.45, 7) is 8.64. The lowest BCUT2D eigenvalue weighted by Crippen LogP contribution is -2.42. The van der Waals surface area contributed by atoms with Crippen LogP contribution in [0.5, 0.6) is 0 Å². The van der Waals surface area contributed by atoms with Crippen LogP contribution in [0.2, 0.25) is 0 Å². The molecule has 1 amide bonds. The summed E-state index contributed by atoms with van der Waals surface area (Å²) in [4.78, 5) is 23.5. The Hall–Kier alpha value is -1.06. The summed E-state index contributed by atoms with van der Waals surface area (Å²) in [6, 6.07) is 0. The summed E-state index contributed by atoms with van der Waals surface area (Å²) in [5, 5.41) is 2.73. The molecule has 0 unspecified atom stereocenters. The van der Waals surface area contributed by atoms with Crippen LogP contribution < -0.4 is 5.32 Å². The van der Waals surface area contributed by atoms with Crippen molar-refractivity contribution in [3.05, 3.63) is 0 Å². The van der Waals surface area contributed by atoms with Crippen LogP contribution in [0.1, 0.15) is 47.0 Å². The van der Waals surface area contributed by atoms with Gasteiger partial charge in [-0.3, -0.25) is 9.59 Å². The Morgan fingerprint density at radius 3 is 2.58 bits per heavy atom. The van der Waals surface area contributed by atoms with Gasteiger partial charge < -0.3 is 10.1 Å². The first-order chi connectivity index (χ1) is 8.95. The molecular formula is C15H27NO3. The Morgan fingerprint density at radius 2 is 2.00 bits per heavy atom. The average molecular weight is 269 g/mol. The van der Waals surface area contributed by atoms with E-state index < -0.39 is 0 Å². The molecule has 1 rings (SSSR count). The highest BCUT2D eigenvalue weighted by Crippen LogP contribution is 2.37. The standard InChI is InChI=1S/C15H27NO3/c1-5-19-14(17)9-16-15(18)13-8-11(4)6-7-12(13)10(2)3/h10-13H,5-9H2,1-4H3,(H,16,18)/t11-,12-,13+/m1/s1. The third kappa shape index (κ3) is 4.84. The second-order valence-electron chi connectivity index (χ2n) is 5.96. The fraction of sp³-hybridized carbons (Fsp3) is 0.867. The van der Waals surface area contributed by atoms with Gasteiger partial charge in [-0.15, -0.1) is 0 Å². The molecule has 0 aromatic rings. The molecule has 19 heavy (non-hydrogen) atoms. The molecule has 1 saturated carbocycles. The number of esters is 1. The third-order valence-corrected chi connectivity index (χ3v) is 4.07. The van der Waals surface area contributed by atoms with E-state index in [1.807, 2.05) is 0 Å². The number of hydrogen-bond acceptors (Lipinski definition) is 3. The lowest BCUT2D eigenvalue weighted by molar-refractivity contribution is -0.144. The molecule has 3 atom stereocenters. The monoisotopic (exact) mass is 269 g/mol. The van der Waals surface area contributed by atoms with Crippen molar-refractivity contribution in [3.8, 4) is 0 Å². The SMILES string of the molecule is CCOC(=O)CNC(=O)[C@H]1C[C@H](C)CC[C@@H]1C(C)C. The minimum atomic E-state index is -0.360. The number of carbonyl (C=O) groups is 2. The predicted octanol–water partition coefficient (Wildman–Crippen LogP) is 2.37. The summed E-state index contributed by atoms with van der Waals surface area (Å²) in [6.07, 6.45) is 3.23. The molecule has 0 radical (unpaired) electrons. The molecule has 4 nitrogen and oxygen atoms in total. The van der Waals surface area contributed by atoms with Crippen molar-refractivity contribution in [1.29, 1.82) is 0 Å². The van der Waals surface area contributed by atoms with Crippen molar-refractivity contribution >= 4 is 11.9 Å². The van der Waals surface area contributed by atoms with Gasteiger partial charge in [0.15, 0.2) is 0 Å². The predicted molar refractivity (Wildman–Crippen MR) is 74.5 cm³/mol. The van der Waals surface area contributed by atoms with E-state index in [9.17, 15) is 9.59 Å². The second kappa shape index (κ2) is 7.51. The van der Waals surface area contributed by atoms with Crippen molar-refractivity contribution in [2.45, 2.75) is 47.0 Å². The smallest absolute Gasteiger partial charge is 0.325 e. The Kier molecular flexibility index (Phi) is 6.32. The molecule has 1 fully saturated rings. The Bertz CT molecular complexity index is 315. The molecule has 4 heteroatoms. The Labute approximate surface area is 116 Å². The van der Waals surface area contributed by atoms with Crippen LogP contribution in [0.25, 0.3) is 0 Å². The summed E-state index contributed by atoms with van der Waals surface area (Å²) in [7, 11) is 0. The van der Waals surface area contributed by atoms with Crippen molar-refractivity contribution in [3.63, 3.8) is 0 Å². The molecule has 0 aromatic carbocycles. The van der Waals surface area contributed by atoms with Crippen LogP contribution in [-0.4, -0.2) is 25.0 Å². The first-order valence-corrected chi connectivity index (χ1v) is 7.39. The average Bonchev–Trinajstić information content (AvgIpc) is 2.35. The second-order valence-corrected chi connectivity index (χ2v) is 5.96. The lowest BCUT2D eigenvalue weighted by atomic mass is 9.70. The zero-order chi connectivity index (χ0) is 14.4. The molecule has 0 aromatic heterocycles. The molecule has 1 aliphatic rings. The van der Waals surface area contributed by atoms with Gasteiger partial charge in [0, 0.05) is 5.92 Å². The first kappa shape index (κ1) is 16.0. The lowest BCUT2D eigenvalue weighted by Gasteiger charge is -2.36. The molecule has 0 spiro atoms. The van der Waals surface area contributed by atoms with Gasteiger partial charge in [-0.1, -0.05) is 27.2 Å². The van der Waals surface area contributed by atoms with E-state index in [-0.39, 0.29) is 24.3 Å². The van der Waals surface area contributed by atoms with Crippen LogP contribution in [0.4, 0.5) is 0 Å². The maximum absolute atomic E-state index is 12.2. The van der Waals surface area contributed by atoms with Crippen LogP contribution in [0, 0.1) is 23.7 Å². The van der Waals surface area contributed by atoms with Gasteiger partial charge in [0.1, 0.15) is 6.54 Å². The number of amides is 1. The van der Waals surface area contributed by atoms with E-state index in [0.717, 1.165) is 12.8 Å². The van der Waals surface area contributed by atoms with E-state index in [0.29, 0.717) is 24.4 Å². The highest BCUT2D eigenvalue weighted by molar-refractivity contribution is 5.83. The normalized spacial score (nSPS) is 27.1. The summed E-state index contributed by atoms with van der Waals surface area (Å²) >= 11 is 0. The first-order valence-electron chi connectivity index (χ1n) is 7.39. The zero-order valence-electron chi connectivity index (χ0n) is 12.6. The summed E-state index contributed by atoms with van der Waals surface area (Å²) in [5.74, 6) is 1.22. The van der Waals surface area contributed by atoms with Crippen LogP contribution in [-0.2, 0) is 14.3 Å². The zero-order valence-corrected chi connectivity index (χ0v) is 12.6.